The third kappa shape index (κ3) is 6.28. The number of hydrazone groups is 2. The van der Waals surface area contributed by atoms with Crippen molar-refractivity contribution in [1.82, 2.24) is 10.9 Å². The van der Waals surface area contributed by atoms with Gasteiger partial charge in [0, 0.05) is 12.8 Å². The summed E-state index contributed by atoms with van der Waals surface area (Å²) in [7, 11) is 0. The van der Waals surface area contributed by atoms with Gasteiger partial charge in [-0.2, -0.15) is 10.2 Å². The van der Waals surface area contributed by atoms with Crippen molar-refractivity contribution in [2.24, 2.45) is 10.2 Å². The number of nitrogens with one attached hydrogen (secondary N) is 2. The molecule has 0 aliphatic carbocycles. The monoisotopic (exact) mass is 528 g/mol. The molecule has 16 nitrogen and oxygen atoms in total. The fourth-order valence-corrected chi connectivity index (χ4v) is 3.45. The zero-order valence-electron chi connectivity index (χ0n) is 19.6. The Balaban J connectivity index is 1.19. The molecule has 0 unspecified atom stereocenters. The largest absolute Gasteiger partial charge is 0.454 e. The summed E-state index contributed by atoms with van der Waals surface area (Å²) < 4.78 is 20.6. The maximum atomic E-state index is 12.0. The van der Waals surface area contributed by atoms with E-state index in [2.05, 4.69) is 21.1 Å². The Kier molecular flexibility index (Phi) is 7.90. The van der Waals surface area contributed by atoms with Crippen LogP contribution >= 0.6 is 0 Å². The first kappa shape index (κ1) is 25.8. The van der Waals surface area contributed by atoms with E-state index in [9.17, 15) is 29.8 Å². The number of nitro groups is 2. The standard InChI is InChI=1S/C22H20N6O10/c29-21(25-23-9-13-5-17-19(37-11-35-17)7-15(13)27(31)32)3-1-2-4-22(30)26-24-10-14-6-18-20(38-12-36-18)8-16(14)28(33)34/h5-10H,1-4,11-12H2,(H,25,29)(H,26,30)/b23-9+,24-10+. The summed E-state index contributed by atoms with van der Waals surface area (Å²) in [6, 6.07) is 5.22. The van der Waals surface area contributed by atoms with E-state index in [1.807, 2.05) is 0 Å². The van der Waals surface area contributed by atoms with Gasteiger partial charge in [-0.15, -0.1) is 0 Å². The first-order valence-corrected chi connectivity index (χ1v) is 11.1. The first-order chi connectivity index (χ1) is 18.3. The summed E-state index contributed by atoms with van der Waals surface area (Å²) >= 11 is 0. The highest BCUT2D eigenvalue weighted by atomic mass is 16.7. The molecule has 2 aromatic carbocycles. The van der Waals surface area contributed by atoms with Crippen molar-refractivity contribution in [3.63, 3.8) is 0 Å². The SMILES string of the molecule is O=C(CCCCC(=O)N/N=C/c1cc2c(cc1[N+](=O)[O-])OCO2)N/N=C/c1cc2c(cc1[N+](=O)[O-])OCO2. The summed E-state index contributed by atoms with van der Waals surface area (Å²) in [5.41, 5.74) is 4.29. The number of carbonyl (C=O) groups is 2. The highest BCUT2D eigenvalue weighted by molar-refractivity contribution is 5.89. The summed E-state index contributed by atoms with van der Waals surface area (Å²) in [4.78, 5) is 45.3. The molecular formula is C22H20N6O10. The third-order valence-corrected chi connectivity index (χ3v) is 5.28. The molecule has 0 aromatic heterocycles. The summed E-state index contributed by atoms with van der Waals surface area (Å²) in [6.45, 7) is -0.0901. The molecule has 2 amide bonds. The summed E-state index contributed by atoms with van der Waals surface area (Å²) in [5, 5.41) is 30.0. The molecule has 0 atom stereocenters. The molecule has 0 bridgehead atoms. The smallest absolute Gasteiger partial charge is 0.282 e. The molecule has 2 aliphatic heterocycles. The van der Waals surface area contributed by atoms with Gasteiger partial charge in [0.25, 0.3) is 11.4 Å². The number of unbranched alkanes of at least 4 members (excludes halogenated alkanes) is 1. The molecular weight excluding hydrogens is 508 g/mol. The predicted octanol–water partition coefficient (Wildman–Crippen LogP) is 2.12. The number of fused-ring (bicyclic) bond motifs is 2. The molecule has 4 rings (SSSR count). The van der Waals surface area contributed by atoms with Gasteiger partial charge in [0.1, 0.15) is 0 Å². The Labute approximate surface area is 213 Å². The molecule has 0 fully saturated rings. The Hall–Kier alpha value is -5.28. The van der Waals surface area contributed by atoms with Crippen LogP contribution in [0.4, 0.5) is 11.4 Å². The van der Waals surface area contributed by atoms with Gasteiger partial charge in [-0.3, -0.25) is 29.8 Å². The van der Waals surface area contributed by atoms with E-state index in [1.54, 1.807) is 0 Å². The van der Waals surface area contributed by atoms with Crippen LogP contribution in [0, 0.1) is 20.2 Å². The number of benzene rings is 2. The van der Waals surface area contributed by atoms with Gasteiger partial charge in [0.05, 0.1) is 45.5 Å². The van der Waals surface area contributed by atoms with Crippen molar-refractivity contribution in [3.8, 4) is 23.0 Å². The Morgan fingerprint density at radius 3 is 1.47 bits per heavy atom. The lowest BCUT2D eigenvalue weighted by Crippen LogP contribution is -2.19. The molecule has 0 radical (unpaired) electrons. The second kappa shape index (κ2) is 11.6. The van der Waals surface area contributed by atoms with Gasteiger partial charge in [-0.05, 0) is 25.0 Å². The molecule has 2 aliphatic rings. The lowest BCUT2D eigenvalue weighted by atomic mass is 10.1. The maximum absolute atomic E-state index is 12.0. The van der Waals surface area contributed by atoms with Crippen LogP contribution in [0.15, 0.2) is 34.5 Å². The number of ether oxygens (including phenoxy) is 4. The fraction of sp³-hybridized carbons (Fsp3) is 0.273. The lowest BCUT2D eigenvalue weighted by molar-refractivity contribution is -0.385. The van der Waals surface area contributed by atoms with Gasteiger partial charge < -0.3 is 18.9 Å². The second-order valence-corrected chi connectivity index (χ2v) is 7.84. The number of nitrogens with zero attached hydrogens (tertiary/aromatic N) is 4. The quantitative estimate of drug-likeness (QED) is 0.188. The minimum absolute atomic E-state index is 0.0450. The fourth-order valence-electron chi connectivity index (χ4n) is 3.45. The van der Waals surface area contributed by atoms with Crippen LogP contribution in [0.25, 0.3) is 0 Å². The Morgan fingerprint density at radius 2 is 1.11 bits per heavy atom. The van der Waals surface area contributed by atoms with E-state index in [1.165, 1.54) is 24.3 Å². The van der Waals surface area contributed by atoms with Crippen molar-refractivity contribution < 1.29 is 38.4 Å². The molecule has 2 heterocycles. The zero-order valence-corrected chi connectivity index (χ0v) is 19.6. The molecule has 198 valence electrons. The van der Waals surface area contributed by atoms with E-state index >= 15 is 0 Å². The van der Waals surface area contributed by atoms with Gasteiger partial charge in [0.2, 0.25) is 25.4 Å². The van der Waals surface area contributed by atoms with E-state index in [0.717, 1.165) is 12.4 Å². The number of carbonyl (C=O) groups excluding carboxylic acids is 2. The molecule has 2 aromatic rings. The molecule has 2 N–H and O–H groups in total. The summed E-state index contributed by atoms with van der Waals surface area (Å²) in [5.74, 6) is 0.278. The van der Waals surface area contributed by atoms with Crippen LogP contribution in [-0.2, 0) is 9.59 Å². The average molecular weight is 528 g/mol. The lowest BCUT2D eigenvalue weighted by Gasteiger charge is -2.03. The Morgan fingerprint density at radius 1 is 0.737 bits per heavy atom. The third-order valence-electron chi connectivity index (χ3n) is 5.28. The van der Waals surface area contributed by atoms with Crippen molar-refractivity contribution >= 4 is 35.6 Å². The highest BCUT2D eigenvalue weighted by Crippen LogP contribution is 2.38. The topological polar surface area (TPSA) is 206 Å². The van der Waals surface area contributed by atoms with Crippen LogP contribution in [0.3, 0.4) is 0 Å². The molecule has 0 saturated carbocycles. The second-order valence-electron chi connectivity index (χ2n) is 7.84. The predicted molar refractivity (Wildman–Crippen MR) is 128 cm³/mol. The van der Waals surface area contributed by atoms with E-state index in [4.69, 9.17) is 18.9 Å². The van der Waals surface area contributed by atoms with E-state index < -0.39 is 21.7 Å². The van der Waals surface area contributed by atoms with E-state index in [-0.39, 0.29) is 60.4 Å². The highest BCUT2D eigenvalue weighted by Gasteiger charge is 2.23. The van der Waals surface area contributed by atoms with Crippen molar-refractivity contribution in [2.45, 2.75) is 25.7 Å². The van der Waals surface area contributed by atoms with Crippen LogP contribution in [0.5, 0.6) is 23.0 Å². The number of hydrogen-bond donors (Lipinski definition) is 2. The van der Waals surface area contributed by atoms with Crippen LogP contribution in [0.1, 0.15) is 36.8 Å². The first-order valence-electron chi connectivity index (χ1n) is 11.1. The zero-order chi connectivity index (χ0) is 27.1. The Bertz CT molecular complexity index is 1240. The van der Waals surface area contributed by atoms with Crippen molar-refractivity contribution in [3.05, 3.63) is 55.6 Å². The minimum Gasteiger partial charge on any atom is -0.454 e. The summed E-state index contributed by atoms with van der Waals surface area (Å²) in [6.07, 6.45) is 3.09. The van der Waals surface area contributed by atoms with Gasteiger partial charge >= 0.3 is 0 Å². The molecule has 38 heavy (non-hydrogen) atoms. The maximum Gasteiger partial charge on any atom is 0.282 e. The molecule has 0 spiro atoms. The average Bonchev–Trinajstić information content (AvgIpc) is 3.54. The van der Waals surface area contributed by atoms with Crippen molar-refractivity contribution in [1.29, 1.82) is 0 Å². The van der Waals surface area contributed by atoms with Gasteiger partial charge in [-0.25, -0.2) is 10.9 Å². The molecule has 0 saturated heterocycles. The van der Waals surface area contributed by atoms with E-state index in [0.29, 0.717) is 24.3 Å². The van der Waals surface area contributed by atoms with Gasteiger partial charge in [-0.1, -0.05) is 0 Å². The molecule has 16 heteroatoms. The number of amides is 2. The number of hydrogen-bond acceptors (Lipinski definition) is 12. The van der Waals surface area contributed by atoms with Crippen LogP contribution in [0.2, 0.25) is 0 Å². The van der Waals surface area contributed by atoms with Crippen molar-refractivity contribution in [2.75, 3.05) is 13.6 Å². The van der Waals surface area contributed by atoms with Gasteiger partial charge in [0.15, 0.2) is 23.0 Å². The number of nitro benzene ring substituents is 2. The normalized spacial score (nSPS) is 13.2. The van der Waals surface area contributed by atoms with Crippen LogP contribution in [-0.4, -0.2) is 47.7 Å². The number of rotatable bonds is 11. The minimum atomic E-state index is -0.601. The van der Waals surface area contributed by atoms with Crippen LogP contribution < -0.4 is 29.8 Å².